The predicted octanol–water partition coefficient (Wildman–Crippen LogP) is 0.977. The number of amides is 1. The first-order valence-electron chi connectivity index (χ1n) is 7.01. The van der Waals surface area contributed by atoms with Crippen molar-refractivity contribution in [1.82, 2.24) is 15.5 Å². The summed E-state index contributed by atoms with van der Waals surface area (Å²) in [4.78, 5) is 14.2. The Balaban J connectivity index is 2.07. The van der Waals surface area contributed by atoms with E-state index in [2.05, 4.69) is 29.4 Å². The lowest BCUT2D eigenvalue weighted by Gasteiger charge is -2.23. The lowest BCUT2D eigenvalue weighted by atomic mass is 10.0. The number of hydrogen-bond donors (Lipinski definition) is 2. The van der Waals surface area contributed by atoms with Gasteiger partial charge in [-0.25, -0.2) is 0 Å². The van der Waals surface area contributed by atoms with Crippen LogP contribution in [-0.2, 0) is 4.79 Å². The molecular formula is C13H27N3O. The Morgan fingerprint density at radius 2 is 2.12 bits per heavy atom. The fraction of sp³-hybridized carbons (Fsp3) is 0.923. The first-order valence-corrected chi connectivity index (χ1v) is 7.01. The van der Waals surface area contributed by atoms with E-state index in [0.29, 0.717) is 0 Å². The monoisotopic (exact) mass is 241 g/mol. The number of carbonyl (C=O) groups excluding carboxylic acids is 1. The van der Waals surface area contributed by atoms with Gasteiger partial charge in [0.15, 0.2) is 0 Å². The van der Waals surface area contributed by atoms with Gasteiger partial charge in [0.25, 0.3) is 0 Å². The van der Waals surface area contributed by atoms with Crippen molar-refractivity contribution in [2.45, 2.75) is 45.6 Å². The van der Waals surface area contributed by atoms with Crippen LogP contribution in [0, 0.1) is 0 Å². The van der Waals surface area contributed by atoms with Crippen LogP contribution in [0.1, 0.15) is 39.5 Å². The van der Waals surface area contributed by atoms with Crippen molar-refractivity contribution in [3.05, 3.63) is 0 Å². The number of piperidine rings is 1. The second-order valence-electron chi connectivity index (χ2n) is 4.67. The average Bonchev–Trinajstić information content (AvgIpc) is 2.40. The Morgan fingerprint density at radius 3 is 2.71 bits per heavy atom. The number of hydrogen-bond acceptors (Lipinski definition) is 3. The lowest BCUT2D eigenvalue weighted by Crippen LogP contribution is -2.47. The Hall–Kier alpha value is -0.610. The molecule has 0 aromatic heterocycles. The predicted molar refractivity (Wildman–Crippen MR) is 71.1 cm³/mol. The van der Waals surface area contributed by atoms with Crippen molar-refractivity contribution >= 4 is 5.91 Å². The van der Waals surface area contributed by atoms with Crippen molar-refractivity contribution in [3.63, 3.8) is 0 Å². The summed E-state index contributed by atoms with van der Waals surface area (Å²) in [5.74, 6) is 0.184. The summed E-state index contributed by atoms with van der Waals surface area (Å²) in [6.45, 7) is 9.39. The van der Waals surface area contributed by atoms with Gasteiger partial charge in [-0.05, 0) is 45.4 Å². The van der Waals surface area contributed by atoms with Crippen molar-refractivity contribution in [3.8, 4) is 0 Å². The molecule has 0 aliphatic carbocycles. The van der Waals surface area contributed by atoms with Crippen LogP contribution >= 0.6 is 0 Å². The Labute approximate surface area is 105 Å². The summed E-state index contributed by atoms with van der Waals surface area (Å²) >= 11 is 0. The van der Waals surface area contributed by atoms with E-state index in [1.54, 1.807) is 0 Å². The maximum Gasteiger partial charge on any atom is 0.237 e. The summed E-state index contributed by atoms with van der Waals surface area (Å²) in [6.07, 6.45) is 4.40. The highest BCUT2D eigenvalue weighted by Crippen LogP contribution is 2.06. The van der Waals surface area contributed by atoms with Crippen molar-refractivity contribution in [2.24, 2.45) is 0 Å². The molecule has 0 aromatic carbocycles. The van der Waals surface area contributed by atoms with Gasteiger partial charge in [-0.1, -0.05) is 20.3 Å². The molecule has 1 amide bonds. The van der Waals surface area contributed by atoms with Crippen LogP contribution in [0.15, 0.2) is 0 Å². The van der Waals surface area contributed by atoms with Gasteiger partial charge in [0.2, 0.25) is 5.91 Å². The number of nitrogens with zero attached hydrogens (tertiary/aromatic N) is 1. The van der Waals surface area contributed by atoms with Gasteiger partial charge in [-0.15, -0.1) is 0 Å². The maximum absolute atomic E-state index is 11.8. The molecule has 1 saturated heterocycles. The SMILES string of the molecule is CCN(CC)CCCNC(=O)[C@@H]1CCCCN1. The molecule has 1 rings (SSSR count). The van der Waals surface area contributed by atoms with Crippen LogP contribution in [0.3, 0.4) is 0 Å². The van der Waals surface area contributed by atoms with E-state index in [0.717, 1.165) is 45.6 Å². The molecule has 17 heavy (non-hydrogen) atoms. The average molecular weight is 241 g/mol. The minimum absolute atomic E-state index is 0.0530. The maximum atomic E-state index is 11.8. The zero-order valence-electron chi connectivity index (χ0n) is 11.3. The van der Waals surface area contributed by atoms with Crippen LogP contribution in [-0.4, -0.2) is 49.6 Å². The first-order chi connectivity index (χ1) is 8.27. The quantitative estimate of drug-likeness (QED) is 0.653. The van der Waals surface area contributed by atoms with E-state index in [1.165, 1.54) is 12.8 Å². The number of carbonyl (C=O) groups is 1. The van der Waals surface area contributed by atoms with E-state index in [-0.39, 0.29) is 11.9 Å². The Bertz CT molecular complexity index is 211. The number of nitrogens with one attached hydrogen (secondary N) is 2. The van der Waals surface area contributed by atoms with Crippen LogP contribution in [0.2, 0.25) is 0 Å². The molecule has 1 fully saturated rings. The second kappa shape index (κ2) is 8.48. The third kappa shape index (κ3) is 5.50. The molecule has 4 heteroatoms. The molecule has 1 heterocycles. The molecule has 0 unspecified atom stereocenters. The van der Waals surface area contributed by atoms with Crippen LogP contribution in [0.5, 0.6) is 0 Å². The van der Waals surface area contributed by atoms with Crippen molar-refractivity contribution in [2.75, 3.05) is 32.7 Å². The van der Waals surface area contributed by atoms with Gasteiger partial charge in [0.1, 0.15) is 0 Å². The molecule has 2 N–H and O–H groups in total. The molecule has 0 spiro atoms. The van der Waals surface area contributed by atoms with Gasteiger partial charge < -0.3 is 15.5 Å². The largest absolute Gasteiger partial charge is 0.355 e. The minimum Gasteiger partial charge on any atom is -0.355 e. The number of rotatable bonds is 7. The standard InChI is InChI=1S/C13H27N3O/c1-3-16(4-2)11-7-10-15-13(17)12-8-5-6-9-14-12/h12,14H,3-11H2,1-2H3,(H,15,17)/t12-/m0/s1. The molecule has 0 saturated carbocycles. The molecule has 100 valence electrons. The molecule has 1 aliphatic heterocycles. The molecule has 4 nitrogen and oxygen atoms in total. The van der Waals surface area contributed by atoms with E-state index in [1.807, 2.05) is 0 Å². The van der Waals surface area contributed by atoms with Crippen LogP contribution in [0.25, 0.3) is 0 Å². The fourth-order valence-electron chi connectivity index (χ4n) is 2.25. The van der Waals surface area contributed by atoms with E-state index in [4.69, 9.17) is 0 Å². The smallest absolute Gasteiger partial charge is 0.237 e. The Morgan fingerprint density at radius 1 is 1.35 bits per heavy atom. The molecular weight excluding hydrogens is 214 g/mol. The third-order valence-electron chi connectivity index (χ3n) is 3.47. The van der Waals surface area contributed by atoms with Crippen molar-refractivity contribution in [1.29, 1.82) is 0 Å². The summed E-state index contributed by atoms with van der Waals surface area (Å²) < 4.78 is 0. The van der Waals surface area contributed by atoms with E-state index >= 15 is 0 Å². The van der Waals surface area contributed by atoms with Crippen molar-refractivity contribution < 1.29 is 4.79 Å². The van der Waals surface area contributed by atoms with E-state index < -0.39 is 0 Å². The van der Waals surface area contributed by atoms with Gasteiger partial charge in [-0.3, -0.25) is 4.79 Å². The molecule has 0 aromatic rings. The highest BCUT2D eigenvalue weighted by Gasteiger charge is 2.19. The molecule has 1 aliphatic rings. The van der Waals surface area contributed by atoms with Crippen LogP contribution < -0.4 is 10.6 Å². The first kappa shape index (κ1) is 14.5. The highest BCUT2D eigenvalue weighted by molar-refractivity contribution is 5.81. The van der Waals surface area contributed by atoms with Gasteiger partial charge in [-0.2, -0.15) is 0 Å². The third-order valence-corrected chi connectivity index (χ3v) is 3.47. The Kier molecular flexibility index (Phi) is 7.21. The second-order valence-corrected chi connectivity index (χ2v) is 4.67. The summed E-state index contributed by atoms with van der Waals surface area (Å²) in [5, 5.41) is 6.30. The van der Waals surface area contributed by atoms with Gasteiger partial charge >= 0.3 is 0 Å². The summed E-state index contributed by atoms with van der Waals surface area (Å²) in [6, 6.07) is 0.0530. The summed E-state index contributed by atoms with van der Waals surface area (Å²) in [5.41, 5.74) is 0. The van der Waals surface area contributed by atoms with Gasteiger partial charge in [0, 0.05) is 6.54 Å². The zero-order valence-corrected chi connectivity index (χ0v) is 11.3. The fourth-order valence-corrected chi connectivity index (χ4v) is 2.25. The normalized spacial score (nSPS) is 20.5. The molecule has 1 atom stereocenters. The topological polar surface area (TPSA) is 44.4 Å². The highest BCUT2D eigenvalue weighted by atomic mass is 16.2. The van der Waals surface area contributed by atoms with E-state index in [9.17, 15) is 4.79 Å². The summed E-state index contributed by atoms with van der Waals surface area (Å²) in [7, 11) is 0. The molecule has 0 bridgehead atoms. The molecule has 0 radical (unpaired) electrons. The zero-order chi connectivity index (χ0) is 12.5. The lowest BCUT2D eigenvalue weighted by molar-refractivity contribution is -0.123. The van der Waals surface area contributed by atoms with Gasteiger partial charge in [0.05, 0.1) is 6.04 Å². The minimum atomic E-state index is 0.0530. The van der Waals surface area contributed by atoms with Crippen LogP contribution in [0.4, 0.5) is 0 Å².